The zero-order valence-electron chi connectivity index (χ0n) is 20.0. The molecule has 2 aliphatic rings. The molecule has 3 atom stereocenters. The van der Waals surface area contributed by atoms with Crippen LogP contribution >= 0.6 is 0 Å². The van der Waals surface area contributed by atoms with Gasteiger partial charge in [0, 0.05) is 51.2 Å². The number of carbonyl (C=O) groups is 1. The van der Waals surface area contributed by atoms with Gasteiger partial charge >= 0.3 is 6.09 Å². The molecule has 7 heteroatoms. The minimum absolute atomic E-state index is 0.112. The van der Waals surface area contributed by atoms with Crippen molar-refractivity contribution in [3.8, 4) is 0 Å². The minimum Gasteiger partial charge on any atom is -0.444 e. The maximum Gasteiger partial charge on any atom is 0.410 e. The Labute approximate surface area is 186 Å². The highest BCUT2D eigenvalue weighted by Crippen LogP contribution is 2.52. The molecule has 2 N–H and O–H groups in total. The Hall–Kier alpha value is -2.28. The molecule has 1 saturated carbocycles. The number of amides is 1. The largest absolute Gasteiger partial charge is 0.444 e. The van der Waals surface area contributed by atoms with Crippen LogP contribution in [0.2, 0.25) is 0 Å². The number of guanidine groups is 1. The summed E-state index contributed by atoms with van der Waals surface area (Å²) in [7, 11) is 3.56. The zero-order chi connectivity index (χ0) is 22.8. The number of carbonyl (C=O) groups excluding carboxylic acids is 1. The van der Waals surface area contributed by atoms with Crippen LogP contribution in [0, 0.1) is 11.3 Å². The van der Waals surface area contributed by atoms with E-state index in [1.54, 1.807) is 19.0 Å². The molecule has 1 amide bonds. The molecule has 3 unspecified atom stereocenters. The van der Waals surface area contributed by atoms with Crippen LogP contribution in [-0.2, 0) is 22.6 Å². The number of benzene rings is 1. The van der Waals surface area contributed by atoms with Gasteiger partial charge in [0.2, 0.25) is 0 Å². The first kappa shape index (κ1) is 23.4. The van der Waals surface area contributed by atoms with E-state index in [1.165, 1.54) is 0 Å². The molecule has 1 aromatic carbocycles. The smallest absolute Gasteiger partial charge is 0.410 e. The topological polar surface area (TPSA) is 75.2 Å². The van der Waals surface area contributed by atoms with Crippen LogP contribution in [-0.4, -0.2) is 55.4 Å². The summed E-state index contributed by atoms with van der Waals surface area (Å²) in [4.78, 5) is 18.1. The van der Waals surface area contributed by atoms with Gasteiger partial charge in [-0.15, -0.1) is 0 Å². The maximum absolute atomic E-state index is 12.1. The third-order valence-corrected chi connectivity index (χ3v) is 6.22. The van der Waals surface area contributed by atoms with Crippen molar-refractivity contribution in [3.05, 3.63) is 35.4 Å². The average molecular weight is 431 g/mol. The molecule has 0 spiro atoms. The fraction of sp³-hybridized carbons (Fsp3) is 0.667. The second kappa shape index (κ2) is 9.07. The monoisotopic (exact) mass is 430 g/mol. The molecule has 2 fully saturated rings. The quantitative estimate of drug-likeness (QED) is 0.552. The molecule has 172 valence electrons. The molecule has 0 radical (unpaired) electrons. The first-order valence-corrected chi connectivity index (χ1v) is 11.1. The lowest BCUT2D eigenvalue weighted by atomic mass is 9.57. The van der Waals surface area contributed by atoms with Gasteiger partial charge in [0.25, 0.3) is 0 Å². The highest BCUT2D eigenvalue weighted by atomic mass is 16.6. The van der Waals surface area contributed by atoms with Gasteiger partial charge in [-0.2, -0.15) is 0 Å². The van der Waals surface area contributed by atoms with E-state index in [-0.39, 0.29) is 11.5 Å². The summed E-state index contributed by atoms with van der Waals surface area (Å²) in [6, 6.07) is 8.61. The fourth-order valence-corrected chi connectivity index (χ4v) is 4.59. The number of nitrogens with one attached hydrogen (secondary N) is 2. The Balaban J connectivity index is 1.49. The van der Waals surface area contributed by atoms with Gasteiger partial charge in [-0.25, -0.2) is 4.79 Å². The normalized spacial score (nSPS) is 24.7. The Bertz CT molecular complexity index is 798. The molecular formula is C24H38N4O3. The van der Waals surface area contributed by atoms with Crippen LogP contribution in [0.25, 0.3) is 0 Å². The lowest BCUT2D eigenvalue weighted by molar-refractivity contribution is -0.106. The van der Waals surface area contributed by atoms with Gasteiger partial charge < -0.3 is 25.0 Å². The summed E-state index contributed by atoms with van der Waals surface area (Å²) in [6.45, 7) is 12.2. The number of rotatable bonds is 5. The van der Waals surface area contributed by atoms with Crippen molar-refractivity contribution < 1.29 is 14.3 Å². The van der Waals surface area contributed by atoms with Gasteiger partial charge in [0.05, 0.1) is 6.10 Å². The molecule has 0 bridgehead atoms. The predicted octanol–water partition coefficient (Wildman–Crippen LogP) is 3.53. The molecule has 1 saturated heterocycles. The number of hydrogen-bond acceptors (Lipinski definition) is 4. The minimum atomic E-state index is -0.492. The summed E-state index contributed by atoms with van der Waals surface area (Å²) >= 11 is 0. The van der Waals surface area contributed by atoms with Crippen LogP contribution in [0.3, 0.4) is 0 Å². The van der Waals surface area contributed by atoms with Gasteiger partial charge in [-0.3, -0.25) is 4.99 Å². The molecule has 1 aliphatic carbocycles. The van der Waals surface area contributed by atoms with Gasteiger partial charge in [-0.05, 0) is 38.3 Å². The van der Waals surface area contributed by atoms with Crippen molar-refractivity contribution in [2.75, 3.05) is 20.7 Å². The van der Waals surface area contributed by atoms with Crippen LogP contribution in [0.1, 0.15) is 52.2 Å². The average Bonchev–Trinajstić information content (AvgIpc) is 3.15. The summed E-state index contributed by atoms with van der Waals surface area (Å²) < 4.78 is 11.3. The molecule has 1 aliphatic heterocycles. The number of fused-ring (bicyclic) bond motifs is 1. The molecule has 3 rings (SSSR count). The van der Waals surface area contributed by atoms with Crippen molar-refractivity contribution >= 4 is 12.1 Å². The van der Waals surface area contributed by atoms with Crippen LogP contribution in [0.4, 0.5) is 4.79 Å². The molecule has 1 aromatic rings. The summed E-state index contributed by atoms with van der Waals surface area (Å²) in [6.07, 6.45) is 1.15. The SMILES string of the molecule is CN=C(NCc1ccc(CN(C)C(=O)OC(C)(C)C)cc1)NC1C2CCOC2C1(C)C. The molecular weight excluding hydrogens is 392 g/mol. The number of aliphatic imine (C=N–C) groups is 1. The summed E-state index contributed by atoms with van der Waals surface area (Å²) in [5.41, 5.74) is 1.83. The van der Waals surface area contributed by atoms with E-state index in [4.69, 9.17) is 9.47 Å². The van der Waals surface area contributed by atoms with Crippen LogP contribution in [0.5, 0.6) is 0 Å². The maximum atomic E-state index is 12.1. The van der Waals surface area contributed by atoms with Crippen molar-refractivity contribution in [1.82, 2.24) is 15.5 Å². The van der Waals surface area contributed by atoms with E-state index in [0.717, 1.165) is 30.1 Å². The number of ether oxygens (including phenoxy) is 2. The van der Waals surface area contributed by atoms with Crippen LogP contribution < -0.4 is 10.6 Å². The van der Waals surface area contributed by atoms with E-state index < -0.39 is 5.60 Å². The van der Waals surface area contributed by atoms with Crippen molar-refractivity contribution in [2.45, 2.75) is 71.9 Å². The lowest BCUT2D eigenvalue weighted by Gasteiger charge is -2.54. The van der Waals surface area contributed by atoms with E-state index in [0.29, 0.717) is 31.2 Å². The van der Waals surface area contributed by atoms with Crippen molar-refractivity contribution in [1.29, 1.82) is 0 Å². The fourth-order valence-electron chi connectivity index (χ4n) is 4.59. The van der Waals surface area contributed by atoms with E-state index >= 15 is 0 Å². The lowest BCUT2D eigenvalue weighted by Crippen LogP contribution is -2.67. The summed E-state index contributed by atoms with van der Waals surface area (Å²) in [5, 5.41) is 7.02. The summed E-state index contributed by atoms with van der Waals surface area (Å²) in [5.74, 6) is 1.38. The molecule has 7 nitrogen and oxygen atoms in total. The highest BCUT2D eigenvalue weighted by molar-refractivity contribution is 5.80. The van der Waals surface area contributed by atoms with Gasteiger partial charge in [-0.1, -0.05) is 38.1 Å². The van der Waals surface area contributed by atoms with Crippen LogP contribution in [0.15, 0.2) is 29.3 Å². The molecule has 1 heterocycles. The first-order chi connectivity index (χ1) is 14.5. The number of nitrogens with zero attached hydrogens (tertiary/aromatic N) is 2. The van der Waals surface area contributed by atoms with E-state index in [2.05, 4.69) is 41.6 Å². The predicted molar refractivity (Wildman–Crippen MR) is 123 cm³/mol. The van der Waals surface area contributed by atoms with Crippen molar-refractivity contribution in [3.63, 3.8) is 0 Å². The standard InChI is InChI=1S/C24H38N4O3/c1-23(2,3)31-22(29)28(7)15-17-10-8-16(9-11-17)14-26-21(25-6)27-19-18-12-13-30-20(18)24(19,4)5/h8-11,18-20H,12-15H2,1-7H3,(H2,25,26,27). The Morgan fingerprint density at radius 3 is 2.52 bits per heavy atom. The van der Waals surface area contributed by atoms with Gasteiger partial charge in [0.1, 0.15) is 5.60 Å². The Morgan fingerprint density at radius 1 is 1.26 bits per heavy atom. The third kappa shape index (κ3) is 5.50. The van der Waals surface area contributed by atoms with Crippen molar-refractivity contribution in [2.24, 2.45) is 16.3 Å². The third-order valence-electron chi connectivity index (χ3n) is 6.22. The molecule has 0 aromatic heterocycles. The highest BCUT2D eigenvalue weighted by Gasteiger charge is 2.59. The Kier molecular flexibility index (Phi) is 6.84. The molecule has 31 heavy (non-hydrogen) atoms. The second-order valence-corrected chi connectivity index (χ2v) is 10.3. The van der Waals surface area contributed by atoms with Gasteiger partial charge in [0.15, 0.2) is 5.96 Å². The first-order valence-electron chi connectivity index (χ1n) is 11.1. The van der Waals surface area contributed by atoms with E-state index in [1.807, 2.05) is 32.9 Å². The second-order valence-electron chi connectivity index (χ2n) is 10.3. The Morgan fingerprint density at radius 2 is 1.90 bits per heavy atom. The van der Waals surface area contributed by atoms with E-state index in [9.17, 15) is 4.79 Å². The number of hydrogen-bond donors (Lipinski definition) is 2. The zero-order valence-corrected chi connectivity index (χ0v) is 20.0.